The largest absolute Gasteiger partial charge is 0.387 e. The number of hydrogen-bond acceptors (Lipinski definition) is 5. The molecule has 1 amide bonds. The van der Waals surface area contributed by atoms with E-state index in [0.717, 1.165) is 16.3 Å². The second-order valence-corrected chi connectivity index (χ2v) is 5.00. The minimum absolute atomic E-state index is 0.244. The van der Waals surface area contributed by atoms with Crippen molar-refractivity contribution < 1.29 is 4.79 Å². The average Bonchev–Trinajstić information content (AvgIpc) is 2.68. The first kappa shape index (κ1) is 12.5. The molecule has 0 bridgehead atoms. The van der Waals surface area contributed by atoms with Gasteiger partial charge >= 0.3 is 0 Å². The summed E-state index contributed by atoms with van der Waals surface area (Å²) in [5, 5.41) is 6.30. The Morgan fingerprint density at radius 3 is 2.61 bits per heavy atom. The molecule has 0 radical (unpaired) electrons. The van der Waals surface area contributed by atoms with Crippen LogP contribution in [0.2, 0.25) is 0 Å². The second-order valence-electron chi connectivity index (χ2n) is 3.80. The number of amides is 1. The molecule has 0 saturated carbocycles. The molecule has 0 saturated heterocycles. The lowest BCUT2D eigenvalue weighted by Crippen LogP contribution is -2.13. The molecule has 2 aromatic rings. The number of aromatic nitrogens is 2. The van der Waals surface area contributed by atoms with Crippen LogP contribution < -0.4 is 10.6 Å². The van der Waals surface area contributed by atoms with E-state index >= 15 is 0 Å². The van der Waals surface area contributed by atoms with E-state index in [2.05, 4.69) is 20.6 Å². The Hall–Kier alpha value is -1.95. The monoisotopic (exact) mass is 262 g/mol. The number of nitrogens with zero attached hydrogens (tertiary/aromatic N) is 2. The van der Waals surface area contributed by atoms with Crippen molar-refractivity contribution in [3.63, 3.8) is 0 Å². The van der Waals surface area contributed by atoms with Gasteiger partial charge in [0.25, 0.3) is 5.91 Å². The maximum Gasteiger partial charge on any atom is 0.276 e. The number of thiazole rings is 1. The summed E-state index contributed by atoms with van der Waals surface area (Å²) in [5.74, 6) is -0.244. The minimum atomic E-state index is -0.244. The van der Waals surface area contributed by atoms with Gasteiger partial charge in [0.05, 0.1) is 17.6 Å². The number of pyridine rings is 1. The van der Waals surface area contributed by atoms with E-state index in [1.54, 1.807) is 25.4 Å². The molecule has 0 atom stereocenters. The smallest absolute Gasteiger partial charge is 0.276 e. The van der Waals surface area contributed by atoms with Gasteiger partial charge in [-0.1, -0.05) is 0 Å². The SMILES string of the molecule is CNc1ccc(C(=O)Nc2nc(C)c(C)s2)nc1. The molecule has 0 spiro atoms. The maximum atomic E-state index is 11.9. The topological polar surface area (TPSA) is 66.9 Å². The van der Waals surface area contributed by atoms with Gasteiger partial charge in [-0.25, -0.2) is 9.97 Å². The van der Waals surface area contributed by atoms with Crippen molar-refractivity contribution in [1.29, 1.82) is 0 Å². The molecule has 0 aliphatic carbocycles. The van der Waals surface area contributed by atoms with Crippen molar-refractivity contribution in [3.05, 3.63) is 34.6 Å². The van der Waals surface area contributed by atoms with Gasteiger partial charge in [0.1, 0.15) is 5.69 Å². The third kappa shape index (κ3) is 2.65. The first-order chi connectivity index (χ1) is 8.60. The fraction of sp³-hybridized carbons (Fsp3) is 0.250. The summed E-state index contributed by atoms with van der Waals surface area (Å²) in [7, 11) is 1.80. The minimum Gasteiger partial charge on any atom is -0.387 e. The summed E-state index contributed by atoms with van der Waals surface area (Å²) in [6.07, 6.45) is 1.62. The summed E-state index contributed by atoms with van der Waals surface area (Å²) in [4.78, 5) is 21.3. The predicted octanol–water partition coefficient (Wildman–Crippen LogP) is 2.45. The van der Waals surface area contributed by atoms with Gasteiger partial charge in [0, 0.05) is 11.9 Å². The quantitative estimate of drug-likeness (QED) is 0.891. The summed E-state index contributed by atoms with van der Waals surface area (Å²) in [5.41, 5.74) is 2.18. The molecule has 0 fully saturated rings. The van der Waals surface area contributed by atoms with E-state index in [1.165, 1.54) is 11.3 Å². The molecular weight excluding hydrogens is 248 g/mol. The second kappa shape index (κ2) is 5.14. The highest BCUT2D eigenvalue weighted by atomic mass is 32.1. The van der Waals surface area contributed by atoms with Crippen molar-refractivity contribution in [1.82, 2.24) is 9.97 Å². The maximum absolute atomic E-state index is 11.9. The van der Waals surface area contributed by atoms with Crippen LogP contribution in [0.4, 0.5) is 10.8 Å². The number of carbonyl (C=O) groups is 1. The van der Waals surface area contributed by atoms with Gasteiger partial charge in [0.2, 0.25) is 0 Å². The Balaban J connectivity index is 2.11. The molecule has 94 valence electrons. The van der Waals surface area contributed by atoms with Crippen molar-refractivity contribution in [2.75, 3.05) is 17.7 Å². The number of hydrogen-bond donors (Lipinski definition) is 2. The third-order valence-electron chi connectivity index (χ3n) is 2.53. The predicted molar refractivity (Wildman–Crippen MR) is 73.3 cm³/mol. The van der Waals surface area contributed by atoms with E-state index in [9.17, 15) is 4.79 Å². The number of rotatable bonds is 3. The average molecular weight is 262 g/mol. The lowest BCUT2D eigenvalue weighted by Gasteiger charge is -2.02. The zero-order valence-electron chi connectivity index (χ0n) is 10.4. The van der Waals surface area contributed by atoms with E-state index in [4.69, 9.17) is 0 Å². The van der Waals surface area contributed by atoms with Gasteiger partial charge < -0.3 is 5.32 Å². The fourth-order valence-electron chi connectivity index (χ4n) is 1.36. The van der Waals surface area contributed by atoms with Gasteiger partial charge in [-0.2, -0.15) is 0 Å². The van der Waals surface area contributed by atoms with E-state index in [0.29, 0.717) is 10.8 Å². The highest BCUT2D eigenvalue weighted by Crippen LogP contribution is 2.21. The summed E-state index contributed by atoms with van der Waals surface area (Å²) in [6.45, 7) is 3.89. The Labute approximate surface area is 109 Å². The Bertz CT molecular complexity index is 542. The first-order valence-electron chi connectivity index (χ1n) is 5.49. The Morgan fingerprint density at radius 1 is 1.33 bits per heavy atom. The van der Waals surface area contributed by atoms with Crippen molar-refractivity contribution >= 4 is 28.1 Å². The van der Waals surface area contributed by atoms with Gasteiger partial charge in [-0.15, -0.1) is 11.3 Å². The highest BCUT2D eigenvalue weighted by Gasteiger charge is 2.10. The van der Waals surface area contributed by atoms with Crippen LogP contribution in [0.15, 0.2) is 18.3 Å². The summed E-state index contributed by atoms with van der Waals surface area (Å²) >= 11 is 1.46. The Morgan fingerprint density at radius 2 is 2.11 bits per heavy atom. The number of nitrogens with one attached hydrogen (secondary N) is 2. The van der Waals surface area contributed by atoms with Crippen molar-refractivity contribution in [2.45, 2.75) is 13.8 Å². The fourth-order valence-corrected chi connectivity index (χ4v) is 2.17. The standard InChI is InChI=1S/C12H14N4OS/c1-7-8(2)18-12(15-7)16-11(17)10-5-4-9(13-3)6-14-10/h4-6,13H,1-3H3,(H,15,16,17). The molecule has 0 aromatic carbocycles. The van der Waals surface area contributed by atoms with Crippen LogP contribution in [-0.4, -0.2) is 22.9 Å². The molecule has 5 nitrogen and oxygen atoms in total. The molecule has 0 unspecified atom stereocenters. The van der Waals surface area contributed by atoms with Gasteiger partial charge in [0.15, 0.2) is 5.13 Å². The Kier molecular flexibility index (Phi) is 3.57. The number of aryl methyl sites for hydroxylation is 2. The van der Waals surface area contributed by atoms with Crippen LogP contribution in [0.3, 0.4) is 0 Å². The summed E-state index contributed by atoms with van der Waals surface area (Å²) < 4.78 is 0. The first-order valence-corrected chi connectivity index (χ1v) is 6.31. The van der Waals surface area contributed by atoms with E-state index < -0.39 is 0 Å². The van der Waals surface area contributed by atoms with E-state index in [-0.39, 0.29) is 5.91 Å². The lowest BCUT2D eigenvalue weighted by atomic mass is 10.3. The molecule has 2 N–H and O–H groups in total. The highest BCUT2D eigenvalue weighted by molar-refractivity contribution is 7.15. The summed E-state index contributed by atoms with van der Waals surface area (Å²) in [6, 6.07) is 3.48. The van der Waals surface area contributed by atoms with Crippen LogP contribution in [0.5, 0.6) is 0 Å². The van der Waals surface area contributed by atoms with Crippen LogP contribution in [0.25, 0.3) is 0 Å². The molecule has 2 heterocycles. The van der Waals surface area contributed by atoms with Crippen LogP contribution >= 0.6 is 11.3 Å². The number of anilines is 2. The van der Waals surface area contributed by atoms with E-state index in [1.807, 2.05) is 13.8 Å². The zero-order valence-corrected chi connectivity index (χ0v) is 11.3. The third-order valence-corrected chi connectivity index (χ3v) is 3.52. The number of carbonyl (C=O) groups excluding carboxylic acids is 1. The zero-order chi connectivity index (χ0) is 13.1. The van der Waals surface area contributed by atoms with Crippen LogP contribution in [0.1, 0.15) is 21.1 Å². The van der Waals surface area contributed by atoms with Crippen molar-refractivity contribution in [3.8, 4) is 0 Å². The van der Waals surface area contributed by atoms with Crippen molar-refractivity contribution in [2.24, 2.45) is 0 Å². The van der Waals surface area contributed by atoms with Gasteiger partial charge in [-0.05, 0) is 26.0 Å². The molecular formula is C12H14N4OS. The normalized spacial score (nSPS) is 10.2. The lowest BCUT2D eigenvalue weighted by molar-refractivity contribution is 0.102. The molecule has 2 rings (SSSR count). The molecule has 2 aromatic heterocycles. The van der Waals surface area contributed by atoms with Crippen LogP contribution in [-0.2, 0) is 0 Å². The van der Waals surface area contributed by atoms with Gasteiger partial charge in [-0.3, -0.25) is 10.1 Å². The molecule has 0 aliphatic rings. The molecule has 6 heteroatoms. The molecule has 18 heavy (non-hydrogen) atoms. The van der Waals surface area contributed by atoms with Crippen LogP contribution in [0, 0.1) is 13.8 Å². The molecule has 0 aliphatic heterocycles.